The van der Waals surface area contributed by atoms with Crippen molar-refractivity contribution in [3.63, 3.8) is 0 Å². The average molecular weight is 352 g/mol. The lowest BCUT2D eigenvalue weighted by Gasteiger charge is -2.03. The van der Waals surface area contributed by atoms with Gasteiger partial charge in [-0.3, -0.25) is 9.69 Å². The molecule has 0 atom stereocenters. The van der Waals surface area contributed by atoms with Gasteiger partial charge in [0, 0.05) is 12.6 Å². The predicted octanol–water partition coefficient (Wildman–Crippen LogP) is 4.33. The standard InChI is InChI=1S/C18H12N2O2S2/c1-20-17(21)15(24-18(20)23)10-11-7-8-14-13(9-11)16(22-19-14)12-5-3-2-4-6-12/h2-10H,1H3/b15-10-. The highest BCUT2D eigenvalue weighted by atomic mass is 32.2. The second-order valence-electron chi connectivity index (χ2n) is 5.40. The monoisotopic (exact) mass is 352 g/mol. The Hall–Kier alpha value is -2.44. The minimum atomic E-state index is -0.0706. The van der Waals surface area contributed by atoms with E-state index in [2.05, 4.69) is 5.16 Å². The van der Waals surface area contributed by atoms with Gasteiger partial charge in [-0.2, -0.15) is 0 Å². The van der Waals surface area contributed by atoms with Gasteiger partial charge in [0.25, 0.3) is 5.91 Å². The van der Waals surface area contributed by atoms with Gasteiger partial charge in [-0.1, -0.05) is 65.5 Å². The molecule has 1 amide bonds. The number of rotatable bonds is 2. The molecule has 0 radical (unpaired) electrons. The molecule has 1 saturated heterocycles. The molecule has 0 bridgehead atoms. The van der Waals surface area contributed by atoms with E-state index in [1.807, 2.05) is 54.6 Å². The van der Waals surface area contributed by atoms with Gasteiger partial charge in [-0.25, -0.2) is 0 Å². The minimum Gasteiger partial charge on any atom is -0.355 e. The summed E-state index contributed by atoms with van der Waals surface area (Å²) in [7, 11) is 1.69. The molecular weight excluding hydrogens is 340 g/mol. The molecule has 1 fully saturated rings. The van der Waals surface area contributed by atoms with Crippen molar-refractivity contribution in [3.05, 3.63) is 59.0 Å². The van der Waals surface area contributed by atoms with Crippen molar-refractivity contribution in [1.82, 2.24) is 10.1 Å². The molecule has 0 unspecified atom stereocenters. The van der Waals surface area contributed by atoms with Gasteiger partial charge in [0.2, 0.25) is 0 Å². The van der Waals surface area contributed by atoms with Crippen LogP contribution in [0.4, 0.5) is 0 Å². The van der Waals surface area contributed by atoms with Crippen LogP contribution in [0.5, 0.6) is 0 Å². The second kappa shape index (κ2) is 5.89. The highest BCUT2D eigenvalue weighted by Crippen LogP contribution is 2.33. The van der Waals surface area contributed by atoms with E-state index >= 15 is 0 Å². The van der Waals surface area contributed by atoms with Crippen LogP contribution in [0.3, 0.4) is 0 Å². The molecule has 6 heteroatoms. The summed E-state index contributed by atoms with van der Waals surface area (Å²) in [6.07, 6.45) is 1.85. The van der Waals surface area contributed by atoms with Gasteiger partial charge >= 0.3 is 0 Å². The first-order chi connectivity index (χ1) is 11.6. The lowest BCUT2D eigenvalue weighted by atomic mass is 10.1. The lowest BCUT2D eigenvalue weighted by Crippen LogP contribution is -2.22. The zero-order valence-electron chi connectivity index (χ0n) is 12.7. The molecule has 0 aliphatic carbocycles. The van der Waals surface area contributed by atoms with Crippen molar-refractivity contribution in [1.29, 1.82) is 0 Å². The molecule has 118 valence electrons. The molecule has 4 nitrogen and oxygen atoms in total. The zero-order valence-corrected chi connectivity index (χ0v) is 14.4. The van der Waals surface area contributed by atoms with E-state index in [0.29, 0.717) is 9.23 Å². The first kappa shape index (κ1) is 15.1. The molecule has 2 aromatic carbocycles. The maximum Gasteiger partial charge on any atom is 0.265 e. The molecule has 0 spiro atoms. The summed E-state index contributed by atoms with van der Waals surface area (Å²) in [5.41, 5.74) is 2.67. The van der Waals surface area contributed by atoms with Gasteiger partial charge < -0.3 is 4.52 Å². The fourth-order valence-electron chi connectivity index (χ4n) is 2.54. The van der Waals surface area contributed by atoms with Crippen LogP contribution in [-0.2, 0) is 4.79 Å². The number of carbonyl (C=O) groups is 1. The Bertz CT molecular complexity index is 993. The number of thioether (sulfide) groups is 1. The summed E-state index contributed by atoms with van der Waals surface area (Å²) in [6.45, 7) is 0. The molecule has 1 aromatic heterocycles. The first-order valence-electron chi connectivity index (χ1n) is 7.30. The molecular formula is C18H12N2O2S2. The Kier molecular flexibility index (Phi) is 3.70. The molecule has 24 heavy (non-hydrogen) atoms. The predicted molar refractivity (Wildman–Crippen MR) is 100 cm³/mol. The second-order valence-corrected chi connectivity index (χ2v) is 7.07. The van der Waals surface area contributed by atoms with Crippen LogP contribution in [-0.4, -0.2) is 27.3 Å². The summed E-state index contributed by atoms with van der Waals surface area (Å²) in [4.78, 5) is 14.3. The number of thiocarbonyl (C=S) groups is 1. The number of carbonyl (C=O) groups excluding carboxylic acids is 1. The number of likely N-dealkylation sites (N-methyl/N-ethyl adjacent to an activating group) is 1. The Morgan fingerprint density at radius 3 is 2.71 bits per heavy atom. The number of hydrogen-bond donors (Lipinski definition) is 0. The fourth-order valence-corrected chi connectivity index (χ4v) is 3.72. The van der Waals surface area contributed by atoms with E-state index in [1.54, 1.807) is 7.05 Å². The third kappa shape index (κ3) is 2.53. The maximum atomic E-state index is 12.1. The molecule has 3 aromatic rings. The Morgan fingerprint density at radius 2 is 2.00 bits per heavy atom. The average Bonchev–Trinajstić information content (AvgIpc) is 3.13. The van der Waals surface area contributed by atoms with Gasteiger partial charge in [0.1, 0.15) is 9.84 Å². The van der Waals surface area contributed by atoms with Crippen molar-refractivity contribution in [2.75, 3.05) is 7.05 Å². The number of nitrogens with zero attached hydrogens (tertiary/aromatic N) is 2. The third-order valence-corrected chi connectivity index (χ3v) is 5.31. The number of aromatic nitrogens is 1. The Labute approximate surface area is 148 Å². The topological polar surface area (TPSA) is 46.3 Å². The van der Waals surface area contributed by atoms with Crippen LogP contribution in [0, 0.1) is 0 Å². The van der Waals surface area contributed by atoms with Crippen molar-refractivity contribution in [2.24, 2.45) is 0 Å². The molecule has 0 saturated carbocycles. The molecule has 1 aliphatic rings. The first-order valence-corrected chi connectivity index (χ1v) is 8.52. The van der Waals surface area contributed by atoms with E-state index in [9.17, 15) is 4.79 Å². The van der Waals surface area contributed by atoms with Crippen LogP contribution in [0.15, 0.2) is 58.0 Å². The summed E-state index contributed by atoms with van der Waals surface area (Å²) >= 11 is 6.48. The quantitative estimate of drug-likeness (QED) is 0.507. The molecule has 2 heterocycles. The number of fused-ring (bicyclic) bond motifs is 1. The molecule has 0 N–H and O–H groups in total. The lowest BCUT2D eigenvalue weighted by molar-refractivity contribution is -0.121. The van der Waals surface area contributed by atoms with Gasteiger partial charge in [0.05, 0.1) is 10.3 Å². The highest BCUT2D eigenvalue weighted by molar-refractivity contribution is 8.26. The van der Waals surface area contributed by atoms with Crippen LogP contribution >= 0.6 is 24.0 Å². The highest BCUT2D eigenvalue weighted by Gasteiger charge is 2.28. The van der Waals surface area contributed by atoms with Crippen LogP contribution < -0.4 is 0 Å². The van der Waals surface area contributed by atoms with E-state index in [4.69, 9.17) is 16.7 Å². The van der Waals surface area contributed by atoms with Crippen molar-refractivity contribution in [2.45, 2.75) is 0 Å². The van der Waals surface area contributed by atoms with Crippen LogP contribution in [0.1, 0.15) is 5.56 Å². The number of benzene rings is 2. The normalized spacial score (nSPS) is 16.5. The van der Waals surface area contributed by atoms with Gasteiger partial charge in [-0.05, 0) is 23.8 Å². The van der Waals surface area contributed by atoms with E-state index in [0.717, 1.165) is 27.8 Å². The molecule has 1 aliphatic heterocycles. The van der Waals surface area contributed by atoms with Crippen molar-refractivity contribution >= 4 is 51.2 Å². The van der Waals surface area contributed by atoms with E-state index in [-0.39, 0.29) is 5.91 Å². The van der Waals surface area contributed by atoms with Crippen LogP contribution in [0.2, 0.25) is 0 Å². The summed E-state index contributed by atoms with van der Waals surface area (Å²) in [5, 5.41) is 5.03. The van der Waals surface area contributed by atoms with Gasteiger partial charge in [0.15, 0.2) is 5.76 Å². The van der Waals surface area contributed by atoms with Gasteiger partial charge in [-0.15, -0.1) is 0 Å². The minimum absolute atomic E-state index is 0.0706. The third-order valence-electron chi connectivity index (χ3n) is 3.82. The van der Waals surface area contributed by atoms with E-state index in [1.165, 1.54) is 16.7 Å². The fraction of sp³-hybridized carbons (Fsp3) is 0.0556. The zero-order chi connectivity index (χ0) is 16.7. The number of amides is 1. The largest absolute Gasteiger partial charge is 0.355 e. The summed E-state index contributed by atoms with van der Waals surface area (Å²) in [5.74, 6) is 0.655. The maximum absolute atomic E-state index is 12.1. The number of hydrogen-bond acceptors (Lipinski definition) is 5. The Balaban J connectivity index is 1.79. The SMILES string of the molecule is CN1C(=O)/C(=C/c2ccc3noc(-c4ccccc4)c3c2)SC1=S. The van der Waals surface area contributed by atoms with Crippen molar-refractivity contribution < 1.29 is 9.32 Å². The Morgan fingerprint density at radius 1 is 1.21 bits per heavy atom. The van der Waals surface area contributed by atoms with E-state index < -0.39 is 0 Å². The molecule has 4 rings (SSSR count). The summed E-state index contributed by atoms with van der Waals surface area (Å²) in [6, 6.07) is 15.6. The van der Waals surface area contributed by atoms with Crippen molar-refractivity contribution in [3.8, 4) is 11.3 Å². The smallest absolute Gasteiger partial charge is 0.265 e. The summed E-state index contributed by atoms with van der Waals surface area (Å²) < 4.78 is 6.08. The van der Waals surface area contributed by atoms with Crippen LogP contribution in [0.25, 0.3) is 28.3 Å².